The third-order valence-corrected chi connectivity index (χ3v) is 4.13. The summed E-state index contributed by atoms with van der Waals surface area (Å²) >= 11 is 0. The number of fused-ring (bicyclic) bond motifs is 1. The van der Waals surface area contributed by atoms with Crippen LogP contribution in [-0.4, -0.2) is 38.2 Å². The van der Waals surface area contributed by atoms with Gasteiger partial charge in [-0.15, -0.1) is 0 Å². The lowest BCUT2D eigenvalue weighted by Crippen LogP contribution is -2.41. The Morgan fingerprint density at radius 3 is 2.74 bits per heavy atom. The first-order valence-electron chi connectivity index (χ1n) is 7.19. The van der Waals surface area contributed by atoms with Crippen LogP contribution < -0.4 is 5.69 Å². The molecule has 1 saturated heterocycles. The van der Waals surface area contributed by atoms with Gasteiger partial charge in [-0.1, -0.05) is 0 Å². The van der Waals surface area contributed by atoms with Crippen LogP contribution in [0.5, 0.6) is 0 Å². The number of aromatic nitrogens is 3. The molecule has 3 heterocycles. The second-order valence-corrected chi connectivity index (χ2v) is 5.32. The zero-order chi connectivity index (χ0) is 13.4. The summed E-state index contributed by atoms with van der Waals surface area (Å²) in [6.07, 6.45) is 4.65. The first-order valence-corrected chi connectivity index (χ1v) is 7.19. The van der Waals surface area contributed by atoms with Crippen molar-refractivity contribution >= 4 is 5.91 Å². The molecule has 0 aromatic carbocycles. The van der Waals surface area contributed by atoms with Crippen molar-refractivity contribution in [2.24, 2.45) is 0 Å². The van der Waals surface area contributed by atoms with Crippen LogP contribution in [-0.2, 0) is 17.8 Å². The number of carbonyl (C=O) groups is 1. The maximum Gasteiger partial charge on any atom is 0.346 e. The molecular weight excluding hydrogens is 244 g/mol. The highest BCUT2D eigenvalue weighted by Crippen LogP contribution is 2.25. The molecule has 3 rings (SSSR count). The molecule has 1 unspecified atom stereocenters. The number of hydrogen-bond acceptors (Lipinski definition) is 3. The van der Waals surface area contributed by atoms with E-state index in [1.54, 1.807) is 4.57 Å². The smallest absolute Gasteiger partial charge is 0.341 e. The van der Waals surface area contributed by atoms with Gasteiger partial charge in [0.2, 0.25) is 5.91 Å². The van der Waals surface area contributed by atoms with Gasteiger partial charge in [-0.2, -0.15) is 5.10 Å². The molecule has 0 N–H and O–H groups in total. The van der Waals surface area contributed by atoms with Crippen molar-refractivity contribution < 1.29 is 4.79 Å². The fraction of sp³-hybridized carbons (Fsp3) is 0.769. The lowest BCUT2D eigenvalue weighted by atomic mass is 10.0. The average Bonchev–Trinajstić information content (AvgIpc) is 3.06. The molecule has 0 saturated carbocycles. The summed E-state index contributed by atoms with van der Waals surface area (Å²) in [6.45, 7) is 4.13. The van der Waals surface area contributed by atoms with Crippen LogP contribution in [0.15, 0.2) is 4.79 Å². The number of rotatable bonds is 2. The Bertz CT molecular complexity index is 539. The monoisotopic (exact) mass is 264 g/mol. The van der Waals surface area contributed by atoms with Crippen molar-refractivity contribution in [3.8, 4) is 0 Å². The van der Waals surface area contributed by atoms with Crippen LogP contribution in [0.3, 0.4) is 0 Å². The quantitative estimate of drug-likeness (QED) is 0.784. The lowest BCUT2D eigenvalue weighted by molar-refractivity contribution is -0.134. The summed E-state index contributed by atoms with van der Waals surface area (Å²) in [5.41, 5.74) is -0.130. The van der Waals surface area contributed by atoms with E-state index in [0.29, 0.717) is 6.54 Å². The molecule has 6 heteroatoms. The minimum absolute atomic E-state index is 0.108. The Hall–Kier alpha value is -1.59. The summed E-state index contributed by atoms with van der Waals surface area (Å²) in [4.78, 5) is 26.7. The highest BCUT2D eigenvalue weighted by Gasteiger charge is 2.33. The number of aryl methyl sites for hydroxylation is 2. The number of nitrogens with zero attached hydrogens (tertiary/aromatic N) is 4. The first kappa shape index (κ1) is 12.4. The number of amides is 1. The van der Waals surface area contributed by atoms with Crippen LogP contribution in [0.2, 0.25) is 0 Å². The Morgan fingerprint density at radius 1 is 1.32 bits per heavy atom. The summed E-state index contributed by atoms with van der Waals surface area (Å²) in [7, 11) is 0. The highest BCUT2D eigenvalue weighted by molar-refractivity contribution is 5.80. The highest BCUT2D eigenvalue weighted by atomic mass is 16.2. The van der Waals surface area contributed by atoms with E-state index in [1.165, 1.54) is 4.68 Å². The third kappa shape index (κ3) is 1.99. The molecule has 0 bridgehead atoms. The SMILES string of the molecule is CCn1nc2n(c1=O)C(C(=O)N1CCCC1)CCC2. The molecule has 6 nitrogen and oxygen atoms in total. The Morgan fingerprint density at radius 2 is 2.05 bits per heavy atom. The molecule has 2 aliphatic heterocycles. The van der Waals surface area contributed by atoms with Crippen molar-refractivity contribution in [3.05, 3.63) is 16.3 Å². The van der Waals surface area contributed by atoms with Gasteiger partial charge in [0.05, 0.1) is 0 Å². The van der Waals surface area contributed by atoms with Crippen LogP contribution >= 0.6 is 0 Å². The normalized spacial score (nSPS) is 22.6. The maximum atomic E-state index is 12.5. The molecule has 1 amide bonds. The second kappa shape index (κ2) is 4.83. The summed E-state index contributed by atoms with van der Waals surface area (Å²) in [5, 5.41) is 4.32. The number of hydrogen-bond donors (Lipinski definition) is 0. The largest absolute Gasteiger partial charge is 0.346 e. The fourth-order valence-electron chi connectivity index (χ4n) is 3.12. The zero-order valence-corrected chi connectivity index (χ0v) is 11.3. The van der Waals surface area contributed by atoms with Gasteiger partial charge in [0.1, 0.15) is 11.9 Å². The van der Waals surface area contributed by atoms with Gasteiger partial charge in [0.15, 0.2) is 0 Å². The van der Waals surface area contributed by atoms with Gasteiger partial charge >= 0.3 is 5.69 Å². The lowest BCUT2D eigenvalue weighted by Gasteiger charge is -2.27. The van der Waals surface area contributed by atoms with E-state index in [1.807, 2.05) is 11.8 Å². The molecule has 104 valence electrons. The minimum atomic E-state index is -0.324. The number of carbonyl (C=O) groups excluding carboxylic acids is 1. The van der Waals surface area contributed by atoms with E-state index in [4.69, 9.17) is 0 Å². The van der Waals surface area contributed by atoms with Crippen molar-refractivity contribution in [2.75, 3.05) is 13.1 Å². The summed E-state index contributed by atoms with van der Waals surface area (Å²) in [6, 6.07) is -0.324. The van der Waals surface area contributed by atoms with Crippen LogP contribution in [0.25, 0.3) is 0 Å². The van der Waals surface area contributed by atoms with Gasteiger partial charge in [-0.05, 0) is 32.6 Å². The molecule has 19 heavy (non-hydrogen) atoms. The number of likely N-dealkylation sites (tertiary alicyclic amines) is 1. The predicted octanol–water partition coefficient (Wildman–Crippen LogP) is 0.564. The van der Waals surface area contributed by atoms with Crippen molar-refractivity contribution in [2.45, 2.75) is 51.6 Å². The van der Waals surface area contributed by atoms with Gasteiger partial charge in [-0.3, -0.25) is 9.36 Å². The van der Waals surface area contributed by atoms with Gasteiger partial charge in [-0.25, -0.2) is 9.48 Å². The van der Waals surface area contributed by atoms with Crippen LogP contribution in [0.4, 0.5) is 0 Å². The molecule has 0 spiro atoms. The molecule has 0 aliphatic carbocycles. The Kier molecular flexibility index (Phi) is 3.16. The van der Waals surface area contributed by atoms with Gasteiger partial charge < -0.3 is 4.90 Å². The van der Waals surface area contributed by atoms with E-state index in [2.05, 4.69) is 5.10 Å². The molecular formula is C13H20N4O2. The second-order valence-electron chi connectivity index (χ2n) is 5.32. The van der Waals surface area contributed by atoms with E-state index in [0.717, 1.165) is 51.0 Å². The van der Waals surface area contributed by atoms with Gasteiger partial charge in [0.25, 0.3) is 0 Å². The fourth-order valence-corrected chi connectivity index (χ4v) is 3.12. The van der Waals surface area contributed by atoms with Crippen molar-refractivity contribution in [3.63, 3.8) is 0 Å². The van der Waals surface area contributed by atoms with E-state index in [-0.39, 0.29) is 17.6 Å². The standard InChI is InChI=1S/C13H20N4O2/c1-2-16-13(19)17-10(6-5-7-11(17)14-16)12(18)15-8-3-4-9-15/h10H,2-9H2,1H3. The minimum Gasteiger partial charge on any atom is -0.341 e. The summed E-state index contributed by atoms with van der Waals surface area (Å²) in [5.74, 6) is 0.881. The van der Waals surface area contributed by atoms with Crippen molar-refractivity contribution in [1.29, 1.82) is 0 Å². The van der Waals surface area contributed by atoms with Crippen LogP contribution in [0, 0.1) is 0 Å². The molecule has 0 radical (unpaired) electrons. The maximum absolute atomic E-state index is 12.5. The predicted molar refractivity (Wildman–Crippen MR) is 70.0 cm³/mol. The summed E-state index contributed by atoms with van der Waals surface area (Å²) < 4.78 is 3.10. The van der Waals surface area contributed by atoms with E-state index in [9.17, 15) is 9.59 Å². The molecule has 1 atom stereocenters. The third-order valence-electron chi connectivity index (χ3n) is 4.13. The molecule has 1 fully saturated rings. The zero-order valence-electron chi connectivity index (χ0n) is 11.3. The van der Waals surface area contributed by atoms with Crippen molar-refractivity contribution in [1.82, 2.24) is 19.2 Å². The van der Waals surface area contributed by atoms with Gasteiger partial charge in [0, 0.05) is 26.1 Å². The van der Waals surface area contributed by atoms with Crippen LogP contribution in [0.1, 0.15) is 44.5 Å². The topological polar surface area (TPSA) is 60.1 Å². The Balaban J connectivity index is 1.95. The van der Waals surface area contributed by atoms with E-state index < -0.39 is 0 Å². The average molecular weight is 264 g/mol. The molecule has 1 aromatic heterocycles. The molecule has 1 aromatic rings. The first-order chi connectivity index (χ1) is 9.22. The molecule has 2 aliphatic rings. The Labute approximate surface area is 112 Å². The van der Waals surface area contributed by atoms with E-state index >= 15 is 0 Å².